The minimum Gasteiger partial charge on any atom is -0.465 e. The van der Waals surface area contributed by atoms with Crippen LogP contribution in [0.5, 0.6) is 11.5 Å². The molecule has 0 saturated heterocycles. The number of hydrogen-bond donors (Lipinski definition) is 1. The molecule has 0 aliphatic rings. The lowest BCUT2D eigenvalue weighted by Crippen LogP contribution is -2.29. The van der Waals surface area contributed by atoms with E-state index in [4.69, 9.17) is 21.1 Å². The van der Waals surface area contributed by atoms with Crippen molar-refractivity contribution in [3.63, 3.8) is 0 Å². The van der Waals surface area contributed by atoms with Crippen molar-refractivity contribution >= 4 is 41.3 Å². The highest BCUT2D eigenvalue weighted by Crippen LogP contribution is 2.25. The molecular weight excluding hydrogens is 654 g/mol. The SMILES string of the molecule is CCOC(=O)CSc1nc(C(C)(C)C)nn1C(=O)N(C)C.CCc1nn(C)c(C(=O)NCc2ccc(Oc3ccc(C)cc3)cc2)c1Cl. The summed E-state index contributed by atoms with van der Waals surface area (Å²) in [4.78, 5) is 41.8. The number of halogens is 1. The van der Waals surface area contributed by atoms with Crippen LogP contribution in [-0.4, -0.2) is 73.8 Å². The van der Waals surface area contributed by atoms with Gasteiger partial charge in [0, 0.05) is 33.1 Å². The van der Waals surface area contributed by atoms with Crippen LogP contribution in [0, 0.1) is 6.92 Å². The third-order valence-corrected chi connectivity index (χ3v) is 7.97. The molecule has 0 unspecified atom stereocenters. The maximum atomic E-state index is 12.4. The number of benzene rings is 2. The number of nitrogens with one attached hydrogen (secondary N) is 1. The summed E-state index contributed by atoms with van der Waals surface area (Å²) in [5.41, 5.74) is 2.98. The highest BCUT2D eigenvalue weighted by atomic mass is 35.5. The van der Waals surface area contributed by atoms with Crippen molar-refractivity contribution in [2.75, 3.05) is 26.5 Å². The normalized spacial score (nSPS) is 11.0. The van der Waals surface area contributed by atoms with E-state index in [1.807, 2.05) is 83.1 Å². The summed E-state index contributed by atoms with van der Waals surface area (Å²) in [7, 11) is 5.00. The molecule has 2 heterocycles. The molecule has 2 amide bonds. The van der Waals surface area contributed by atoms with E-state index in [0.29, 0.717) is 41.3 Å². The van der Waals surface area contributed by atoms with Crippen molar-refractivity contribution < 1.29 is 23.9 Å². The van der Waals surface area contributed by atoms with Crippen LogP contribution in [0.3, 0.4) is 0 Å². The van der Waals surface area contributed by atoms with Gasteiger partial charge in [-0.25, -0.2) is 9.78 Å². The fourth-order valence-corrected chi connectivity index (χ4v) is 5.16. The molecule has 0 aliphatic heterocycles. The third-order valence-electron chi connectivity index (χ3n) is 6.68. The fraction of sp³-hybridized carbons (Fsp3) is 0.412. The van der Waals surface area contributed by atoms with E-state index in [1.165, 1.54) is 19.8 Å². The molecule has 0 saturated carbocycles. The van der Waals surface area contributed by atoms with Gasteiger partial charge < -0.3 is 19.7 Å². The van der Waals surface area contributed by atoms with Gasteiger partial charge in [0.15, 0.2) is 11.0 Å². The second kappa shape index (κ2) is 17.2. The number of carbonyl (C=O) groups is 3. The Kier molecular flexibility index (Phi) is 13.6. The molecule has 0 atom stereocenters. The number of nitrogens with zero attached hydrogens (tertiary/aromatic N) is 6. The van der Waals surface area contributed by atoms with Gasteiger partial charge in [0.05, 0.1) is 23.1 Å². The minimum atomic E-state index is -0.341. The molecule has 1 N–H and O–H groups in total. The van der Waals surface area contributed by atoms with E-state index < -0.39 is 0 Å². The van der Waals surface area contributed by atoms with Crippen molar-refractivity contribution in [2.45, 2.75) is 65.1 Å². The van der Waals surface area contributed by atoms with E-state index in [0.717, 1.165) is 34.5 Å². The summed E-state index contributed by atoms with van der Waals surface area (Å²) in [5, 5.41) is 12.2. The van der Waals surface area contributed by atoms with E-state index in [9.17, 15) is 14.4 Å². The monoisotopic (exact) mass is 697 g/mol. The van der Waals surface area contributed by atoms with Crippen molar-refractivity contribution in [2.24, 2.45) is 7.05 Å². The molecule has 2 aromatic heterocycles. The molecule has 258 valence electrons. The first-order valence-corrected chi connectivity index (χ1v) is 16.8. The first-order chi connectivity index (χ1) is 22.6. The summed E-state index contributed by atoms with van der Waals surface area (Å²) in [6, 6.07) is 15.2. The molecule has 0 bridgehead atoms. The predicted octanol–water partition coefficient (Wildman–Crippen LogP) is 6.43. The summed E-state index contributed by atoms with van der Waals surface area (Å²) in [6.07, 6.45) is 0.683. The predicted molar refractivity (Wildman–Crippen MR) is 187 cm³/mol. The first-order valence-electron chi connectivity index (χ1n) is 15.4. The number of esters is 1. The molecule has 4 aromatic rings. The second-order valence-corrected chi connectivity index (χ2v) is 13.3. The molecule has 0 aliphatic carbocycles. The largest absolute Gasteiger partial charge is 0.465 e. The van der Waals surface area contributed by atoms with Crippen molar-refractivity contribution in [3.05, 3.63) is 81.9 Å². The van der Waals surface area contributed by atoms with E-state index in [1.54, 1.807) is 28.1 Å². The van der Waals surface area contributed by atoms with Gasteiger partial charge in [-0.15, -0.1) is 5.10 Å². The Bertz CT molecular complexity index is 1690. The Balaban J connectivity index is 0.000000270. The Hall–Kier alpha value is -4.36. The van der Waals surface area contributed by atoms with Crippen molar-refractivity contribution in [1.29, 1.82) is 0 Å². The Morgan fingerprint density at radius 1 is 0.979 bits per heavy atom. The zero-order valence-electron chi connectivity index (χ0n) is 29.0. The van der Waals surface area contributed by atoms with Gasteiger partial charge in [-0.3, -0.25) is 14.3 Å². The lowest BCUT2D eigenvalue weighted by molar-refractivity contribution is -0.139. The number of rotatable bonds is 10. The lowest BCUT2D eigenvalue weighted by atomic mass is 9.96. The maximum absolute atomic E-state index is 12.4. The summed E-state index contributed by atoms with van der Waals surface area (Å²) < 4.78 is 13.4. The number of hydrogen-bond acceptors (Lipinski definition) is 9. The number of aromatic nitrogens is 5. The van der Waals surface area contributed by atoms with Crippen LogP contribution >= 0.6 is 23.4 Å². The summed E-state index contributed by atoms with van der Waals surface area (Å²) >= 11 is 7.40. The fourth-order valence-electron chi connectivity index (χ4n) is 4.06. The molecule has 0 fully saturated rings. The first kappa shape index (κ1) is 38.1. The molecule has 0 spiro atoms. The number of thioether (sulfide) groups is 1. The van der Waals surface area contributed by atoms with Gasteiger partial charge in [-0.1, -0.05) is 80.9 Å². The van der Waals surface area contributed by atoms with Crippen LogP contribution in [-0.2, 0) is 35.0 Å². The lowest BCUT2D eigenvalue weighted by Gasteiger charge is -2.13. The van der Waals surface area contributed by atoms with Crippen molar-refractivity contribution in [3.8, 4) is 11.5 Å². The van der Waals surface area contributed by atoms with Crippen LogP contribution in [0.15, 0.2) is 53.7 Å². The Morgan fingerprint density at radius 2 is 1.58 bits per heavy atom. The molecule has 4 rings (SSSR count). The standard InChI is InChI=1S/C21H22ClN3O2.C13H22N4O3S/c1-4-18-19(22)20(25(3)24-18)21(26)23-13-15-7-11-17(12-8-15)27-16-9-5-14(2)6-10-16;1-7-20-9(18)8-21-11-14-10(13(2,3)4)15-17(11)12(19)16(5)6/h5-12H,4,13H2,1-3H3,(H,23,26);7-8H2,1-6H3. The molecule has 12 nitrogen and oxygen atoms in total. The van der Waals surface area contributed by atoms with Gasteiger partial charge in [-0.05, 0) is 50.1 Å². The average Bonchev–Trinajstić information content (AvgIpc) is 3.60. The van der Waals surface area contributed by atoms with Gasteiger partial charge in [0.1, 0.15) is 17.2 Å². The number of amides is 2. The Morgan fingerprint density at radius 3 is 2.10 bits per heavy atom. The average molecular weight is 698 g/mol. The van der Waals surface area contributed by atoms with E-state index in [-0.39, 0.29) is 29.1 Å². The van der Waals surface area contributed by atoms with Crippen LogP contribution < -0.4 is 10.1 Å². The molecule has 0 radical (unpaired) electrons. The minimum absolute atomic E-state index is 0.0941. The van der Waals surface area contributed by atoms with Crippen LogP contribution in [0.1, 0.15) is 67.8 Å². The summed E-state index contributed by atoms with van der Waals surface area (Å²) in [6.45, 7) is 12.4. The molecule has 48 heavy (non-hydrogen) atoms. The number of carbonyl (C=O) groups excluding carboxylic acids is 3. The quantitative estimate of drug-likeness (QED) is 0.147. The number of ether oxygens (including phenoxy) is 2. The maximum Gasteiger partial charge on any atom is 0.346 e. The second-order valence-electron chi connectivity index (χ2n) is 12.0. The van der Waals surface area contributed by atoms with Gasteiger partial charge in [-0.2, -0.15) is 9.78 Å². The Labute approximate surface area is 291 Å². The third kappa shape index (κ3) is 10.6. The summed E-state index contributed by atoms with van der Waals surface area (Å²) in [5.74, 6) is 1.61. The molecular formula is C34H44ClN7O5S. The highest BCUT2D eigenvalue weighted by molar-refractivity contribution is 7.99. The van der Waals surface area contributed by atoms with Crippen LogP contribution in [0.2, 0.25) is 5.02 Å². The van der Waals surface area contributed by atoms with Crippen LogP contribution in [0.4, 0.5) is 4.79 Å². The van der Waals surface area contributed by atoms with E-state index in [2.05, 4.69) is 20.5 Å². The van der Waals surface area contributed by atoms with E-state index >= 15 is 0 Å². The van der Waals surface area contributed by atoms with Gasteiger partial charge in [0.25, 0.3) is 5.91 Å². The molecule has 2 aromatic carbocycles. The topological polar surface area (TPSA) is 133 Å². The van der Waals surface area contributed by atoms with Crippen molar-refractivity contribution in [1.82, 2.24) is 34.8 Å². The zero-order valence-corrected chi connectivity index (χ0v) is 30.5. The smallest absolute Gasteiger partial charge is 0.346 e. The zero-order chi connectivity index (χ0) is 35.6. The van der Waals surface area contributed by atoms with Crippen LogP contribution in [0.25, 0.3) is 0 Å². The molecule has 14 heteroatoms. The highest BCUT2D eigenvalue weighted by Gasteiger charge is 2.26. The van der Waals surface area contributed by atoms with Gasteiger partial charge >= 0.3 is 12.0 Å². The number of aryl methyl sites for hydroxylation is 3. The van der Waals surface area contributed by atoms with Gasteiger partial charge in [0.2, 0.25) is 0 Å².